The van der Waals surface area contributed by atoms with Gasteiger partial charge in [-0.25, -0.2) is 9.78 Å². The number of likely N-dealkylation sites (N-methyl/N-ethyl adjacent to an activating group) is 2. The highest BCUT2D eigenvalue weighted by Gasteiger charge is 2.19. The van der Waals surface area contributed by atoms with E-state index in [1.807, 2.05) is 90.2 Å². The molecule has 1 fully saturated rings. The average Bonchev–Trinajstić information content (AvgIpc) is 3.04. The molecule has 45 heavy (non-hydrogen) atoms. The van der Waals surface area contributed by atoms with Gasteiger partial charge < -0.3 is 25.6 Å². The molecule has 0 atom stereocenters. The smallest absolute Gasteiger partial charge is 0.410 e. The van der Waals surface area contributed by atoms with Gasteiger partial charge in [-0.15, -0.1) is 0 Å². The molecule has 0 bridgehead atoms. The van der Waals surface area contributed by atoms with E-state index in [1.165, 1.54) is 25.3 Å². The van der Waals surface area contributed by atoms with Crippen molar-refractivity contribution in [2.24, 2.45) is 0 Å². The van der Waals surface area contributed by atoms with Crippen LogP contribution in [0.4, 0.5) is 10.5 Å². The minimum absolute atomic E-state index is 0.122. The number of nitrogens with one attached hydrogen (secondary N) is 3. The molecular formula is C36H51N5O4. The van der Waals surface area contributed by atoms with Crippen LogP contribution < -0.4 is 16.0 Å². The van der Waals surface area contributed by atoms with Crippen LogP contribution in [0, 0.1) is 0 Å². The summed E-state index contributed by atoms with van der Waals surface area (Å²) in [5.41, 5.74) is 2.33. The number of amides is 3. The largest absolute Gasteiger partial charge is 0.444 e. The number of nitrogens with zero attached hydrogens (tertiary/aromatic N) is 2. The summed E-state index contributed by atoms with van der Waals surface area (Å²) in [5.74, 6) is -0.379. The molecule has 1 heterocycles. The van der Waals surface area contributed by atoms with Crippen molar-refractivity contribution in [3.63, 3.8) is 0 Å². The summed E-state index contributed by atoms with van der Waals surface area (Å²) in [4.78, 5) is 42.0. The van der Waals surface area contributed by atoms with E-state index in [0.29, 0.717) is 17.9 Å². The molecule has 0 aliphatic heterocycles. The molecule has 1 aromatic heterocycles. The van der Waals surface area contributed by atoms with Gasteiger partial charge in [0.2, 0.25) is 5.91 Å². The Bertz CT molecular complexity index is 1410. The normalized spacial score (nSPS) is 12.9. The van der Waals surface area contributed by atoms with E-state index in [9.17, 15) is 14.4 Å². The summed E-state index contributed by atoms with van der Waals surface area (Å²) < 4.78 is 5.16. The lowest BCUT2D eigenvalue weighted by Gasteiger charge is -2.24. The number of anilines is 1. The van der Waals surface area contributed by atoms with E-state index in [2.05, 4.69) is 27.5 Å². The van der Waals surface area contributed by atoms with Crippen LogP contribution in [0.2, 0.25) is 0 Å². The van der Waals surface area contributed by atoms with Crippen molar-refractivity contribution in [3.8, 4) is 11.3 Å². The quantitative estimate of drug-likeness (QED) is 0.231. The van der Waals surface area contributed by atoms with Crippen LogP contribution in [-0.2, 0) is 9.53 Å². The summed E-state index contributed by atoms with van der Waals surface area (Å²) >= 11 is 0. The monoisotopic (exact) mass is 617 g/mol. The Morgan fingerprint density at radius 3 is 2.36 bits per heavy atom. The fourth-order valence-corrected chi connectivity index (χ4v) is 4.66. The van der Waals surface area contributed by atoms with Gasteiger partial charge in [0, 0.05) is 42.8 Å². The summed E-state index contributed by atoms with van der Waals surface area (Å²) in [6, 6.07) is 17.4. The third-order valence-corrected chi connectivity index (χ3v) is 6.95. The van der Waals surface area contributed by atoms with Crippen LogP contribution in [-0.4, -0.2) is 66.6 Å². The number of fused-ring (bicyclic) bond motifs is 1. The standard InChI is InChI=1S/C25H25N3O2.C9H20N2O2.C2H6/c1-2-24(29)28-22-12-6-8-17-14-15-18(16-20(17)22)21-11-7-13-23(27-21)25(30)26-19-9-4-3-5-10-19;1-9(2,3)13-8(12)11(5)7-6-10-4;1-2/h2,6-8,11-16,19H,1,3-5,9-10H2,(H,26,30)(H,28,29);10H,6-7H2,1-5H3;1-2H3. The Morgan fingerprint density at radius 2 is 1.71 bits per heavy atom. The van der Waals surface area contributed by atoms with Crippen LogP contribution in [0.15, 0.2) is 67.3 Å². The lowest BCUT2D eigenvalue weighted by molar-refractivity contribution is -0.111. The number of hydrogen-bond donors (Lipinski definition) is 3. The maximum absolute atomic E-state index is 12.7. The van der Waals surface area contributed by atoms with Gasteiger partial charge in [-0.1, -0.05) is 70.0 Å². The molecular weight excluding hydrogens is 566 g/mol. The molecule has 9 nitrogen and oxygen atoms in total. The first-order chi connectivity index (χ1) is 21.5. The third-order valence-electron chi connectivity index (χ3n) is 6.95. The molecule has 3 amide bonds. The molecule has 0 spiro atoms. The molecule has 1 saturated carbocycles. The van der Waals surface area contributed by atoms with E-state index in [1.54, 1.807) is 18.0 Å². The molecule has 2 aromatic carbocycles. The van der Waals surface area contributed by atoms with Gasteiger partial charge in [0.15, 0.2) is 0 Å². The lowest BCUT2D eigenvalue weighted by Crippen LogP contribution is -2.37. The molecule has 3 N–H and O–H groups in total. The van der Waals surface area contributed by atoms with Crippen LogP contribution in [0.1, 0.15) is 77.2 Å². The molecule has 244 valence electrons. The summed E-state index contributed by atoms with van der Waals surface area (Å²) in [5, 5.41) is 10.8. The number of carbonyl (C=O) groups excluding carboxylic acids is 3. The van der Waals surface area contributed by atoms with Crippen LogP contribution in [0.5, 0.6) is 0 Å². The summed E-state index contributed by atoms with van der Waals surface area (Å²) in [6.45, 7) is 14.5. The van der Waals surface area contributed by atoms with Crippen molar-refractivity contribution in [1.82, 2.24) is 20.5 Å². The SMILES string of the molecule is C=CC(=O)Nc1cccc2ccc(-c3cccc(C(=O)NC4CCCCC4)n3)cc12.CC.CNCCN(C)C(=O)OC(C)(C)C. The Balaban J connectivity index is 0.000000398. The van der Waals surface area contributed by atoms with Crippen molar-refractivity contribution in [3.05, 3.63) is 72.9 Å². The van der Waals surface area contributed by atoms with Crippen molar-refractivity contribution >= 4 is 34.4 Å². The number of pyridine rings is 1. The second-order valence-electron chi connectivity index (χ2n) is 11.7. The predicted molar refractivity (Wildman–Crippen MR) is 184 cm³/mol. The zero-order valence-electron chi connectivity index (χ0n) is 28.0. The van der Waals surface area contributed by atoms with Crippen LogP contribution in [0.25, 0.3) is 22.0 Å². The van der Waals surface area contributed by atoms with Gasteiger partial charge >= 0.3 is 6.09 Å². The maximum atomic E-state index is 12.7. The van der Waals surface area contributed by atoms with Gasteiger partial charge in [0.25, 0.3) is 5.91 Å². The molecule has 0 radical (unpaired) electrons. The highest BCUT2D eigenvalue weighted by atomic mass is 16.6. The van der Waals surface area contributed by atoms with E-state index >= 15 is 0 Å². The topological polar surface area (TPSA) is 113 Å². The number of carbonyl (C=O) groups is 3. The first-order valence-corrected chi connectivity index (χ1v) is 15.8. The van der Waals surface area contributed by atoms with Crippen LogP contribution >= 0.6 is 0 Å². The highest BCUT2D eigenvalue weighted by Crippen LogP contribution is 2.29. The first-order valence-electron chi connectivity index (χ1n) is 15.8. The highest BCUT2D eigenvalue weighted by molar-refractivity contribution is 6.06. The molecule has 0 unspecified atom stereocenters. The van der Waals surface area contributed by atoms with Crippen molar-refractivity contribution in [2.45, 2.75) is 78.4 Å². The van der Waals surface area contributed by atoms with Gasteiger partial charge in [-0.3, -0.25) is 9.59 Å². The predicted octanol–water partition coefficient (Wildman–Crippen LogP) is 7.19. The van der Waals surface area contributed by atoms with Gasteiger partial charge in [0.1, 0.15) is 11.3 Å². The zero-order valence-corrected chi connectivity index (χ0v) is 28.0. The fraction of sp³-hybridized carbons (Fsp3) is 0.444. The molecule has 4 rings (SSSR count). The molecule has 1 aliphatic carbocycles. The molecule has 3 aromatic rings. The Morgan fingerprint density at radius 1 is 1.02 bits per heavy atom. The molecule has 1 aliphatic rings. The number of benzene rings is 2. The Kier molecular flexibility index (Phi) is 15.2. The minimum atomic E-state index is -0.412. The third kappa shape index (κ3) is 12.3. The van der Waals surface area contributed by atoms with Crippen molar-refractivity contribution < 1.29 is 19.1 Å². The lowest BCUT2D eigenvalue weighted by atomic mass is 9.95. The average molecular weight is 618 g/mol. The van der Waals surface area contributed by atoms with E-state index in [4.69, 9.17) is 4.74 Å². The van der Waals surface area contributed by atoms with Crippen molar-refractivity contribution in [1.29, 1.82) is 0 Å². The van der Waals surface area contributed by atoms with Crippen molar-refractivity contribution in [2.75, 3.05) is 32.5 Å². The Labute approximate surface area is 268 Å². The Hall–Kier alpha value is -4.24. The number of ether oxygens (including phenoxy) is 1. The molecule has 9 heteroatoms. The second kappa shape index (κ2) is 18.5. The number of aromatic nitrogens is 1. The van der Waals surface area contributed by atoms with E-state index in [0.717, 1.165) is 41.4 Å². The zero-order chi connectivity index (χ0) is 33.4. The molecule has 0 saturated heterocycles. The number of rotatable bonds is 8. The van der Waals surface area contributed by atoms with E-state index < -0.39 is 5.60 Å². The van der Waals surface area contributed by atoms with Gasteiger partial charge in [0.05, 0.1) is 5.69 Å². The van der Waals surface area contributed by atoms with Gasteiger partial charge in [-0.05, 0) is 76.4 Å². The van der Waals surface area contributed by atoms with Gasteiger partial charge in [-0.2, -0.15) is 0 Å². The van der Waals surface area contributed by atoms with E-state index in [-0.39, 0.29) is 23.9 Å². The summed E-state index contributed by atoms with van der Waals surface area (Å²) in [7, 11) is 3.58. The second-order valence-corrected chi connectivity index (χ2v) is 11.7. The maximum Gasteiger partial charge on any atom is 0.410 e. The number of hydrogen-bond acceptors (Lipinski definition) is 6. The first kappa shape index (κ1) is 36.9. The minimum Gasteiger partial charge on any atom is -0.444 e. The summed E-state index contributed by atoms with van der Waals surface area (Å²) in [6.07, 6.45) is 6.63. The van der Waals surface area contributed by atoms with Crippen LogP contribution in [0.3, 0.4) is 0 Å². The fourth-order valence-electron chi connectivity index (χ4n) is 4.66.